The van der Waals surface area contributed by atoms with E-state index >= 15 is 0 Å². The maximum atomic E-state index is 13.1. The largest absolute Gasteiger partial charge is 0.483 e. The van der Waals surface area contributed by atoms with Crippen molar-refractivity contribution in [2.24, 2.45) is 0 Å². The number of hydrogen-bond acceptors (Lipinski definition) is 4. The zero-order chi connectivity index (χ0) is 21.8. The highest BCUT2D eigenvalue weighted by molar-refractivity contribution is 9.10. The molecule has 0 unspecified atom stereocenters. The Bertz CT molecular complexity index is 919. The van der Waals surface area contributed by atoms with Crippen molar-refractivity contribution in [1.82, 2.24) is 9.80 Å². The van der Waals surface area contributed by atoms with Crippen molar-refractivity contribution < 1.29 is 18.7 Å². The van der Waals surface area contributed by atoms with Crippen molar-refractivity contribution in [2.45, 2.75) is 39.4 Å². The lowest BCUT2D eigenvalue weighted by Gasteiger charge is -2.44. The first kappa shape index (κ1) is 22.4. The summed E-state index contributed by atoms with van der Waals surface area (Å²) in [6, 6.07) is 11.9. The summed E-state index contributed by atoms with van der Waals surface area (Å²) in [5.74, 6) is -0.0488. The predicted molar refractivity (Wildman–Crippen MR) is 117 cm³/mol. The second kappa shape index (κ2) is 9.71. The molecule has 0 aromatic heterocycles. The summed E-state index contributed by atoms with van der Waals surface area (Å²) in [6.07, 6.45) is 0. The van der Waals surface area contributed by atoms with Gasteiger partial charge in [-0.25, -0.2) is 4.39 Å². The van der Waals surface area contributed by atoms with Gasteiger partial charge in [-0.3, -0.25) is 14.5 Å². The molecule has 2 aromatic carbocycles. The number of halogens is 2. The molecule has 1 amide bonds. The van der Waals surface area contributed by atoms with E-state index in [9.17, 15) is 14.0 Å². The normalized spacial score (nSPS) is 19.6. The molecule has 0 radical (unpaired) electrons. The topological polar surface area (TPSA) is 49.9 Å². The Morgan fingerprint density at radius 2 is 1.80 bits per heavy atom. The van der Waals surface area contributed by atoms with Crippen molar-refractivity contribution in [3.8, 4) is 5.75 Å². The van der Waals surface area contributed by atoms with Crippen LogP contribution in [0.5, 0.6) is 5.75 Å². The van der Waals surface area contributed by atoms with Crippen molar-refractivity contribution in [3.05, 3.63) is 63.9 Å². The first-order valence-corrected chi connectivity index (χ1v) is 10.7. The fourth-order valence-electron chi connectivity index (χ4n) is 3.72. The van der Waals surface area contributed by atoms with E-state index in [1.54, 1.807) is 30.3 Å². The number of Topliss-reactive ketones (excluding diaryl/α,β-unsaturated/α-hetero) is 1. The summed E-state index contributed by atoms with van der Waals surface area (Å²) in [6.45, 7) is 7.48. The molecule has 0 bridgehead atoms. The van der Waals surface area contributed by atoms with E-state index in [2.05, 4.69) is 27.8 Å². The Kier molecular flexibility index (Phi) is 7.26. The first-order valence-electron chi connectivity index (χ1n) is 9.96. The number of nitrogens with zero attached hydrogens (tertiary/aromatic N) is 2. The molecule has 1 aliphatic rings. The van der Waals surface area contributed by atoms with Crippen LogP contribution < -0.4 is 4.74 Å². The summed E-state index contributed by atoms with van der Waals surface area (Å²) in [4.78, 5) is 28.8. The molecule has 2 aromatic rings. The van der Waals surface area contributed by atoms with Gasteiger partial charge in [0.1, 0.15) is 11.6 Å². The van der Waals surface area contributed by atoms with Crippen molar-refractivity contribution >= 4 is 27.6 Å². The van der Waals surface area contributed by atoms with E-state index in [0.29, 0.717) is 24.4 Å². The van der Waals surface area contributed by atoms with Gasteiger partial charge in [0.25, 0.3) is 5.91 Å². The van der Waals surface area contributed by atoms with Crippen LogP contribution >= 0.6 is 15.9 Å². The Hall–Kier alpha value is -2.25. The van der Waals surface area contributed by atoms with Crippen molar-refractivity contribution in [2.75, 3.05) is 19.7 Å². The number of carbonyl (C=O) groups is 2. The summed E-state index contributed by atoms with van der Waals surface area (Å²) < 4.78 is 19.6. The molecule has 0 aliphatic carbocycles. The predicted octanol–water partition coefficient (Wildman–Crippen LogP) is 4.29. The Morgan fingerprint density at radius 1 is 1.10 bits per heavy atom. The number of hydrogen-bond donors (Lipinski definition) is 0. The van der Waals surface area contributed by atoms with Crippen LogP contribution in [0, 0.1) is 5.82 Å². The maximum absolute atomic E-state index is 13.1. The van der Waals surface area contributed by atoms with Gasteiger partial charge in [0, 0.05) is 36.2 Å². The molecule has 1 heterocycles. The van der Waals surface area contributed by atoms with Gasteiger partial charge in [0.15, 0.2) is 12.4 Å². The number of ketones is 1. The molecule has 30 heavy (non-hydrogen) atoms. The number of benzene rings is 2. The van der Waals surface area contributed by atoms with E-state index in [-0.39, 0.29) is 36.2 Å². The number of carbonyl (C=O) groups excluding carboxylic acids is 2. The molecule has 5 nitrogen and oxygen atoms in total. The van der Waals surface area contributed by atoms with Gasteiger partial charge in [-0.1, -0.05) is 28.1 Å². The quantitative estimate of drug-likeness (QED) is 0.583. The summed E-state index contributed by atoms with van der Waals surface area (Å²) in [5.41, 5.74) is 1.49. The van der Waals surface area contributed by atoms with E-state index < -0.39 is 0 Å². The molecular formula is C23H26BrFN2O3. The molecule has 0 saturated carbocycles. The number of rotatable bonds is 6. The zero-order valence-corrected chi connectivity index (χ0v) is 19.0. The molecular weight excluding hydrogens is 451 g/mol. The minimum atomic E-state index is -0.241. The van der Waals surface area contributed by atoms with Crippen LogP contribution in [0.3, 0.4) is 0 Å². The van der Waals surface area contributed by atoms with Gasteiger partial charge in [0.2, 0.25) is 0 Å². The zero-order valence-electron chi connectivity index (χ0n) is 17.4. The maximum Gasteiger partial charge on any atom is 0.260 e. The van der Waals surface area contributed by atoms with Crippen LogP contribution in [0.25, 0.3) is 0 Å². The third-order valence-electron chi connectivity index (χ3n) is 5.41. The lowest BCUT2D eigenvalue weighted by Crippen LogP contribution is -2.58. The van der Waals surface area contributed by atoms with Crippen LogP contribution in [0.15, 0.2) is 46.9 Å². The van der Waals surface area contributed by atoms with E-state index in [0.717, 1.165) is 16.6 Å². The second-order valence-corrected chi connectivity index (χ2v) is 8.70. The van der Waals surface area contributed by atoms with Gasteiger partial charge in [0.05, 0.1) is 5.56 Å². The fourth-order valence-corrected chi connectivity index (χ4v) is 4.08. The molecule has 160 valence electrons. The summed E-state index contributed by atoms with van der Waals surface area (Å²) >= 11 is 3.35. The molecule has 2 atom stereocenters. The van der Waals surface area contributed by atoms with Gasteiger partial charge < -0.3 is 9.64 Å². The molecule has 1 aliphatic heterocycles. The number of piperazine rings is 1. The molecule has 0 spiro atoms. The fraction of sp³-hybridized carbons (Fsp3) is 0.391. The van der Waals surface area contributed by atoms with E-state index in [1.807, 2.05) is 11.8 Å². The third-order valence-corrected chi connectivity index (χ3v) is 5.90. The Labute approximate surface area is 184 Å². The van der Waals surface area contributed by atoms with Gasteiger partial charge in [-0.15, -0.1) is 0 Å². The second-order valence-electron chi connectivity index (χ2n) is 7.79. The number of ether oxygens (including phenoxy) is 1. The first-order chi connectivity index (χ1) is 14.2. The van der Waals surface area contributed by atoms with Crippen LogP contribution in [0.4, 0.5) is 4.39 Å². The van der Waals surface area contributed by atoms with Crippen LogP contribution in [-0.2, 0) is 11.3 Å². The summed E-state index contributed by atoms with van der Waals surface area (Å²) in [5, 5.41) is 0. The molecule has 3 rings (SSSR count). The Morgan fingerprint density at radius 3 is 2.47 bits per heavy atom. The number of amides is 1. The molecule has 1 fully saturated rings. The molecule has 1 saturated heterocycles. The lowest BCUT2D eigenvalue weighted by molar-refractivity contribution is -0.139. The van der Waals surface area contributed by atoms with Gasteiger partial charge in [-0.05, 0) is 56.7 Å². The third kappa shape index (κ3) is 5.46. The molecule has 7 heteroatoms. The average Bonchev–Trinajstić information content (AvgIpc) is 2.70. The van der Waals surface area contributed by atoms with Crippen molar-refractivity contribution in [1.29, 1.82) is 0 Å². The van der Waals surface area contributed by atoms with E-state index in [1.165, 1.54) is 19.1 Å². The highest BCUT2D eigenvalue weighted by Gasteiger charge is 2.32. The van der Waals surface area contributed by atoms with Gasteiger partial charge in [-0.2, -0.15) is 0 Å². The summed E-state index contributed by atoms with van der Waals surface area (Å²) in [7, 11) is 0. The lowest BCUT2D eigenvalue weighted by atomic mass is 10.1. The highest BCUT2D eigenvalue weighted by atomic mass is 79.9. The van der Waals surface area contributed by atoms with E-state index in [4.69, 9.17) is 4.74 Å². The van der Waals surface area contributed by atoms with Crippen LogP contribution in [0.1, 0.15) is 36.7 Å². The standard InChI is InChI=1S/C23H26BrFN2O3/c1-15-12-27(16(2)11-26(15)13-18-4-7-20(25)8-5-18)23(29)14-30-22-9-6-19(24)10-21(22)17(3)28/h4-10,15-16H,11-14H2,1-3H3/t15-,16+/m1/s1. The minimum Gasteiger partial charge on any atom is -0.483 e. The highest BCUT2D eigenvalue weighted by Crippen LogP contribution is 2.24. The Balaban J connectivity index is 1.60. The monoisotopic (exact) mass is 476 g/mol. The smallest absolute Gasteiger partial charge is 0.260 e. The minimum absolute atomic E-state index is 0.0231. The SMILES string of the molecule is CC(=O)c1cc(Br)ccc1OCC(=O)N1C[C@@H](C)N(Cc2ccc(F)cc2)C[C@@H]1C. The van der Waals surface area contributed by atoms with Gasteiger partial charge >= 0.3 is 0 Å². The van der Waals surface area contributed by atoms with Crippen LogP contribution in [-0.4, -0.2) is 53.3 Å². The average molecular weight is 477 g/mol. The molecule has 0 N–H and O–H groups in total. The van der Waals surface area contributed by atoms with Crippen LogP contribution in [0.2, 0.25) is 0 Å². The van der Waals surface area contributed by atoms with Crippen molar-refractivity contribution in [3.63, 3.8) is 0 Å².